The molecule has 2 amide bonds. The van der Waals surface area contributed by atoms with Crippen LogP contribution in [0.2, 0.25) is 0 Å². The van der Waals surface area contributed by atoms with Crippen molar-refractivity contribution in [3.05, 3.63) is 42.0 Å². The van der Waals surface area contributed by atoms with Crippen LogP contribution >= 0.6 is 0 Å². The first kappa shape index (κ1) is 15.6. The number of benzene rings is 1. The number of hydrogen-bond donors (Lipinski definition) is 2. The van der Waals surface area contributed by atoms with Crippen molar-refractivity contribution in [1.82, 2.24) is 10.6 Å². The molecule has 0 aromatic heterocycles. The van der Waals surface area contributed by atoms with Gasteiger partial charge in [-0.15, -0.1) is 0 Å². The summed E-state index contributed by atoms with van der Waals surface area (Å²) in [6.45, 7) is 0.844. The Morgan fingerprint density at radius 1 is 1.24 bits per heavy atom. The highest BCUT2D eigenvalue weighted by molar-refractivity contribution is 7.91. The maximum atomic E-state index is 11.6. The second kappa shape index (κ2) is 7.26. The minimum Gasteiger partial charge on any atom is -0.338 e. The van der Waals surface area contributed by atoms with Gasteiger partial charge in [0.1, 0.15) is 0 Å². The molecule has 1 saturated heterocycles. The molecule has 0 bridgehead atoms. The zero-order valence-electron chi connectivity index (χ0n) is 11.8. The molecule has 0 radical (unpaired) electrons. The summed E-state index contributed by atoms with van der Waals surface area (Å²) < 4.78 is 22.6. The molecule has 1 fully saturated rings. The Bertz CT molecular complexity index is 597. The second-order valence-electron chi connectivity index (χ2n) is 5.17. The van der Waals surface area contributed by atoms with Crippen molar-refractivity contribution in [3.8, 4) is 0 Å². The molecule has 0 saturated carbocycles. The Labute approximate surface area is 125 Å². The zero-order valence-corrected chi connectivity index (χ0v) is 12.6. The van der Waals surface area contributed by atoms with E-state index >= 15 is 0 Å². The lowest BCUT2D eigenvalue weighted by Gasteiger charge is -2.09. The predicted molar refractivity (Wildman–Crippen MR) is 83.6 cm³/mol. The molecule has 2 rings (SSSR count). The van der Waals surface area contributed by atoms with Gasteiger partial charge in [0, 0.05) is 13.1 Å². The van der Waals surface area contributed by atoms with Crippen LogP contribution in [0.1, 0.15) is 12.0 Å². The van der Waals surface area contributed by atoms with Gasteiger partial charge < -0.3 is 10.6 Å². The highest BCUT2D eigenvalue weighted by atomic mass is 32.2. The Hall–Kier alpha value is -1.82. The first-order chi connectivity index (χ1) is 10.1. The van der Waals surface area contributed by atoms with E-state index in [1.54, 1.807) is 0 Å². The molecule has 1 atom stereocenters. The van der Waals surface area contributed by atoms with Crippen molar-refractivity contribution in [1.29, 1.82) is 0 Å². The number of amides is 2. The van der Waals surface area contributed by atoms with Crippen LogP contribution in [0.15, 0.2) is 36.4 Å². The van der Waals surface area contributed by atoms with Crippen LogP contribution in [0.4, 0.5) is 4.79 Å². The van der Waals surface area contributed by atoms with E-state index in [0.29, 0.717) is 19.5 Å². The second-order valence-corrected chi connectivity index (χ2v) is 7.40. The average Bonchev–Trinajstić information content (AvgIpc) is 2.82. The van der Waals surface area contributed by atoms with Crippen molar-refractivity contribution in [3.63, 3.8) is 0 Å². The predicted octanol–water partition coefficient (Wildman–Crippen LogP) is 1.43. The molecule has 1 aromatic carbocycles. The van der Waals surface area contributed by atoms with Gasteiger partial charge in [-0.25, -0.2) is 13.2 Å². The molecule has 1 aromatic rings. The summed E-state index contributed by atoms with van der Waals surface area (Å²) in [7, 11) is -2.88. The molecule has 0 aliphatic carbocycles. The van der Waals surface area contributed by atoms with Crippen LogP contribution < -0.4 is 10.6 Å². The quantitative estimate of drug-likeness (QED) is 0.864. The van der Waals surface area contributed by atoms with E-state index in [-0.39, 0.29) is 23.5 Å². The van der Waals surface area contributed by atoms with Crippen LogP contribution in [-0.2, 0) is 9.84 Å². The summed E-state index contributed by atoms with van der Waals surface area (Å²) in [6, 6.07) is 9.56. The molecule has 1 unspecified atom stereocenters. The standard InChI is InChI=1S/C15H20N2O3S/c18-15(17-11-14-8-10-21(19,20)12-14)16-9-4-7-13-5-2-1-3-6-13/h1-7,14H,8-12H2,(H2,16,17,18). The zero-order chi connectivity index (χ0) is 15.1. The van der Waals surface area contributed by atoms with Crippen molar-refractivity contribution in [2.45, 2.75) is 6.42 Å². The highest BCUT2D eigenvalue weighted by Crippen LogP contribution is 2.17. The lowest BCUT2D eigenvalue weighted by molar-refractivity contribution is 0.240. The van der Waals surface area contributed by atoms with Crippen LogP contribution in [-0.4, -0.2) is 39.0 Å². The summed E-state index contributed by atoms with van der Waals surface area (Å²) in [5.74, 6) is 0.461. The van der Waals surface area contributed by atoms with E-state index in [9.17, 15) is 13.2 Å². The molecule has 0 spiro atoms. The summed E-state index contributed by atoms with van der Waals surface area (Å²) >= 11 is 0. The summed E-state index contributed by atoms with van der Waals surface area (Å²) in [6.07, 6.45) is 4.44. The number of carbonyl (C=O) groups is 1. The van der Waals surface area contributed by atoms with Gasteiger partial charge in [0.05, 0.1) is 11.5 Å². The van der Waals surface area contributed by atoms with Crippen molar-refractivity contribution in [2.24, 2.45) is 5.92 Å². The molecule has 1 aliphatic rings. The fourth-order valence-electron chi connectivity index (χ4n) is 2.24. The lowest BCUT2D eigenvalue weighted by Crippen LogP contribution is -2.38. The molecule has 1 aliphatic heterocycles. The largest absolute Gasteiger partial charge is 0.338 e. The molecular formula is C15H20N2O3S. The minimum atomic E-state index is -2.88. The van der Waals surface area contributed by atoms with Gasteiger partial charge in [0.15, 0.2) is 9.84 Å². The van der Waals surface area contributed by atoms with Gasteiger partial charge in [-0.3, -0.25) is 0 Å². The first-order valence-electron chi connectivity index (χ1n) is 6.99. The normalized spacial score (nSPS) is 20.5. The van der Waals surface area contributed by atoms with Crippen molar-refractivity contribution in [2.75, 3.05) is 24.6 Å². The van der Waals surface area contributed by atoms with E-state index in [4.69, 9.17) is 0 Å². The van der Waals surface area contributed by atoms with Crippen LogP contribution in [0.3, 0.4) is 0 Å². The van der Waals surface area contributed by atoms with E-state index in [1.165, 1.54) is 0 Å². The van der Waals surface area contributed by atoms with Gasteiger partial charge in [0.2, 0.25) is 0 Å². The van der Waals surface area contributed by atoms with Crippen molar-refractivity contribution < 1.29 is 13.2 Å². The molecule has 114 valence electrons. The van der Waals surface area contributed by atoms with Crippen LogP contribution in [0, 0.1) is 5.92 Å². The fraction of sp³-hybridized carbons (Fsp3) is 0.400. The van der Waals surface area contributed by atoms with E-state index in [2.05, 4.69) is 10.6 Å². The monoisotopic (exact) mass is 308 g/mol. The van der Waals surface area contributed by atoms with Crippen LogP contribution in [0.25, 0.3) is 6.08 Å². The molecule has 1 heterocycles. The van der Waals surface area contributed by atoms with Gasteiger partial charge >= 0.3 is 6.03 Å². The van der Waals surface area contributed by atoms with E-state index in [0.717, 1.165) is 5.56 Å². The summed E-state index contributed by atoms with van der Waals surface area (Å²) in [5, 5.41) is 5.42. The smallest absolute Gasteiger partial charge is 0.315 e. The van der Waals surface area contributed by atoms with E-state index in [1.807, 2.05) is 42.5 Å². The molecule has 21 heavy (non-hydrogen) atoms. The summed E-state index contributed by atoms with van der Waals surface area (Å²) in [5.41, 5.74) is 1.08. The van der Waals surface area contributed by atoms with Gasteiger partial charge in [0.25, 0.3) is 0 Å². The first-order valence-corrected chi connectivity index (χ1v) is 8.81. The van der Waals surface area contributed by atoms with Gasteiger partial charge in [-0.2, -0.15) is 0 Å². The molecular weight excluding hydrogens is 288 g/mol. The fourth-order valence-corrected chi connectivity index (χ4v) is 4.11. The number of rotatable bonds is 5. The minimum absolute atomic E-state index is 0.0422. The lowest BCUT2D eigenvalue weighted by atomic mass is 10.1. The molecule has 5 nitrogen and oxygen atoms in total. The SMILES string of the molecule is O=C(NCC=Cc1ccccc1)NCC1CCS(=O)(=O)C1. The maximum absolute atomic E-state index is 11.6. The number of urea groups is 1. The van der Waals surface area contributed by atoms with Crippen LogP contribution in [0.5, 0.6) is 0 Å². The third-order valence-corrected chi connectivity index (χ3v) is 5.21. The third-order valence-electron chi connectivity index (χ3n) is 3.37. The van der Waals surface area contributed by atoms with Gasteiger partial charge in [-0.1, -0.05) is 42.5 Å². The average molecular weight is 308 g/mol. The van der Waals surface area contributed by atoms with Crippen molar-refractivity contribution >= 4 is 21.9 Å². The van der Waals surface area contributed by atoms with E-state index < -0.39 is 9.84 Å². The number of sulfone groups is 1. The number of carbonyl (C=O) groups excluding carboxylic acids is 1. The Morgan fingerprint density at radius 2 is 2.00 bits per heavy atom. The Balaban J connectivity index is 1.63. The topological polar surface area (TPSA) is 75.3 Å². The number of nitrogens with one attached hydrogen (secondary N) is 2. The summed E-state index contributed by atoms with van der Waals surface area (Å²) in [4.78, 5) is 11.6. The molecule has 2 N–H and O–H groups in total. The maximum Gasteiger partial charge on any atom is 0.315 e. The molecule has 6 heteroatoms. The third kappa shape index (κ3) is 5.59. The van der Waals surface area contributed by atoms with Gasteiger partial charge in [-0.05, 0) is 17.9 Å². The highest BCUT2D eigenvalue weighted by Gasteiger charge is 2.27. The Morgan fingerprint density at radius 3 is 2.67 bits per heavy atom. The number of hydrogen-bond acceptors (Lipinski definition) is 3. The Kier molecular flexibility index (Phi) is 5.38.